The Morgan fingerprint density at radius 2 is 1.20 bits per heavy atom. The van der Waals surface area contributed by atoms with Gasteiger partial charge in [0.15, 0.2) is 25.0 Å². The molecule has 2 saturated heterocycles. The van der Waals surface area contributed by atoms with Gasteiger partial charge in [0.25, 0.3) is 0 Å². The van der Waals surface area contributed by atoms with Gasteiger partial charge in [-0.05, 0) is 125 Å². The van der Waals surface area contributed by atoms with Crippen molar-refractivity contribution in [1.82, 2.24) is 0 Å². The average Bonchev–Trinajstić information content (AvgIpc) is 3.80. The summed E-state index contributed by atoms with van der Waals surface area (Å²) in [6.45, 7) is 39.4. The van der Waals surface area contributed by atoms with E-state index in [0.717, 1.165) is 56.9 Å². The van der Waals surface area contributed by atoms with Crippen molar-refractivity contribution in [2.75, 3.05) is 0 Å². The molecular weight excluding hydrogens is 857 g/mol. The van der Waals surface area contributed by atoms with Gasteiger partial charge >= 0.3 is 5.97 Å². The van der Waals surface area contributed by atoms with Crippen LogP contribution in [0.2, 0.25) is 54.4 Å². The first-order valence-electron chi connectivity index (χ1n) is 27.1. The van der Waals surface area contributed by atoms with Crippen LogP contribution >= 0.6 is 0 Å². The van der Waals surface area contributed by atoms with E-state index in [1.807, 2.05) is 13.0 Å². The molecule has 2 fully saturated rings. The summed E-state index contributed by atoms with van der Waals surface area (Å²) in [7, 11) is -5.90. The highest BCUT2D eigenvalue weighted by Crippen LogP contribution is 2.44. The Balaban J connectivity index is 1.53. The van der Waals surface area contributed by atoms with Crippen LogP contribution in [0.25, 0.3) is 0 Å². The number of carbonyl (C=O) groups excluding carboxylic acids is 1. The quantitative estimate of drug-likeness (QED) is 0.0320. The summed E-state index contributed by atoms with van der Waals surface area (Å²) in [6.07, 6.45) is 33.0. The second kappa shape index (κ2) is 26.6. The molecule has 380 valence electrons. The van der Waals surface area contributed by atoms with Crippen molar-refractivity contribution in [2.24, 2.45) is 0 Å². The molecule has 0 aliphatic carbocycles. The van der Waals surface area contributed by atoms with E-state index in [1.54, 1.807) is 0 Å². The molecule has 0 aromatic heterocycles. The SMILES string of the molecule is CCCCCCCCCC[C@@H]1O[C@H]([C@@H]2CC[C@H]([C@@H](CCCCCCC/C=C/C[C@H](CC3=C[C@H](C)OC3=O)O[Si](C)(C)C(C)(C)C)O[Si](C)(C)C(C)(C)C)O2)CC[C@H]1O[Si](C)(C)C(C)(C)C. The fraction of sp³-hybridized carbons (Fsp3) is 0.909. The number of cyclic esters (lactones) is 1. The van der Waals surface area contributed by atoms with Crippen LogP contribution in [0.3, 0.4) is 0 Å². The summed E-state index contributed by atoms with van der Waals surface area (Å²) in [6, 6.07) is 0. The largest absolute Gasteiger partial charge is 0.455 e. The van der Waals surface area contributed by atoms with Crippen LogP contribution in [-0.2, 0) is 32.3 Å². The minimum Gasteiger partial charge on any atom is -0.455 e. The predicted molar refractivity (Wildman–Crippen MR) is 284 cm³/mol. The molecule has 8 atom stereocenters. The van der Waals surface area contributed by atoms with Gasteiger partial charge in [-0.1, -0.05) is 158 Å². The van der Waals surface area contributed by atoms with Crippen molar-refractivity contribution < 1.29 is 32.3 Å². The highest BCUT2D eigenvalue weighted by molar-refractivity contribution is 6.75. The maximum Gasteiger partial charge on any atom is 0.334 e. The predicted octanol–water partition coefficient (Wildman–Crippen LogP) is 16.7. The third kappa shape index (κ3) is 19.6. The molecule has 10 heteroatoms. The van der Waals surface area contributed by atoms with E-state index in [4.69, 9.17) is 27.5 Å². The molecule has 3 rings (SSSR count). The molecule has 0 aromatic carbocycles. The fourth-order valence-corrected chi connectivity index (χ4v) is 13.1. The van der Waals surface area contributed by atoms with Crippen LogP contribution in [0.5, 0.6) is 0 Å². The molecule has 3 aliphatic heterocycles. The van der Waals surface area contributed by atoms with Gasteiger partial charge in [0.2, 0.25) is 0 Å². The van der Waals surface area contributed by atoms with Crippen LogP contribution in [0, 0.1) is 0 Å². The van der Waals surface area contributed by atoms with E-state index < -0.39 is 25.0 Å². The molecular formula is C55H106O7Si3. The first kappa shape index (κ1) is 58.7. The number of unbranched alkanes of at least 4 members (excludes halogenated alkanes) is 12. The maximum atomic E-state index is 12.4. The Morgan fingerprint density at radius 1 is 0.662 bits per heavy atom. The lowest BCUT2D eigenvalue weighted by atomic mass is 9.93. The zero-order chi connectivity index (χ0) is 48.7. The van der Waals surface area contributed by atoms with Crippen molar-refractivity contribution in [3.05, 3.63) is 23.8 Å². The van der Waals surface area contributed by atoms with E-state index in [2.05, 4.69) is 121 Å². The number of rotatable bonds is 29. The number of esters is 1. The summed E-state index contributed by atoms with van der Waals surface area (Å²) >= 11 is 0. The van der Waals surface area contributed by atoms with E-state index >= 15 is 0 Å². The Kier molecular flexibility index (Phi) is 24.0. The maximum absolute atomic E-state index is 12.4. The molecule has 3 heterocycles. The lowest BCUT2D eigenvalue weighted by molar-refractivity contribution is -0.165. The van der Waals surface area contributed by atoms with Gasteiger partial charge in [0.05, 0.1) is 42.7 Å². The first-order valence-corrected chi connectivity index (χ1v) is 35.8. The number of hydrogen-bond donors (Lipinski definition) is 0. The third-order valence-electron chi connectivity index (χ3n) is 16.4. The van der Waals surface area contributed by atoms with Gasteiger partial charge < -0.3 is 27.5 Å². The Morgan fingerprint density at radius 3 is 1.78 bits per heavy atom. The van der Waals surface area contributed by atoms with Crippen molar-refractivity contribution in [1.29, 1.82) is 0 Å². The number of ether oxygens (including phenoxy) is 3. The molecule has 0 aromatic rings. The summed E-state index contributed by atoms with van der Waals surface area (Å²) in [4.78, 5) is 12.4. The normalized spacial score (nSPS) is 25.1. The Hall–Kier alpha value is -0.599. The van der Waals surface area contributed by atoms with Gasteiger partial charge in [-0.25, -0.2) is 4.79 Å². The van der Waals surface area contributed by atoms with E-state index in [-0.39, 0.29) is 69.9 Å². The highest BCUT2D eigenvalue weighted by atomic mass is 28.4. The van der Waals surface area contributed by atoms with Crippen LogP contribution in [0.4, 0.5) is 0 Å². The fourth-order valence-electron chi connectivity index (χ4n) is 9.00. The average molecular weight is 964 g/mol. The van der Waals surface area contributed by atoms with Gasteiger partial charge in [-0.3, -0.25) is 0 Å². The van der Waals surface area contributed by atoms with Crippen LogP contribution in [-0.4, -0.2) is 79.8 Å². The minimum absolute atomic E-state index is 0.00663. The van der Waals surface area contributed by atoms with Gasteiger partial charge in [0, 0.05) is 12.0 Å². The lowest BCUT2D eigenvalue weighted by Gasteiger charge is -2.45. The smallest absolute Gasteiger partial charge is 0.334 e. The molecule has 0 bridgehead atoms. The molecule has 0 N–H and O–H groups in total. The topological polar surface area (TPSA) is 72.5 Å². The van der Waals surface area contributed by atoms with Gasteiger partial charge in [0.1, 0.15) is 6.10 Å². The molecule has 0 saturated carbocycles. The van der Waals surface area contributed by atoms with Crippen molar-refractivity contribution >= 4 is 30.9 Å². The minimum atomic E-state index is -1.99. The third-order valence-corrected chi connectivity index (χ3v) is 29.9. The zero-order valence-corrected chi connectivity index (χ0v) is 48.8. The summed E-state index contributed by atoms with van der Waals surface area (Å²) < 4.78 is 40.8. The Labute approximate surface area is 405 Å². The van der Waals surface area contributed by atoms with Crippen LogP contribution in [0.15, 0.2) is 23.8 Å². The van der Waals surface area contributed by atoms with Crippen LogP contribution in [0.1, 0.15) is 217 Å². The van der Waals surface area contributed by atoms with Gasteiger partial charge in [-0.15, -0.1) is 0 Å². The molecule has 0 unspecified atom stereocenters. The number of hydrogen-bond acceptors (Lipinski definition) is 7. The standard InChI is InChI=1S/C55H106O7Si3/c1-18-19-20-21-22-26-29-32-35-46-51(62-65(16,17)55(9,10)11)40-39-48(58-46)47-37-38-49(59-47)50(61-64(14,15)54(6,7)8)36-33-30-27-24-23-25-28-31-34-45(60-63(12,13)53(3,4)5)42-44-41-43(2)57-52(44)56/h28,31,41,43,45-51H,18-27,29-30,32-40,42H2,1-17H3/b31-28+/t43-,45+,46-,47-,48-,49+,50+,51+/m0/s1. The van der Waals surface area contributed by atoms with Crippen molar-refractivity contribution in [2.45, 2.75) is 321 Å². The molecule has 0 spiro atoms. The molecule has 65 heavy (non-hydrogen) atoms. The zero-order valence-electron chi connectivity index (χ0n) is 45.8. The monoisotopic (exact) mass is 963 g/mol. The van der Waals surface area contributed by atoms with E-state index in [9.17, 15) is 4.79 Å². The van der Waals surface area contributed by atoms with Crippen molar-refractivity contribution in [3.63, 3.8) is 0 Å². The van der Waals surface area contributed by atoms with Gasteiger partial charge in [-0.2, -0.15) is 0 Å². The summed E-state index contributed by atoms with van der Waals surface area (Å²) in [5.74, 6) is -0.184. The molecule has 0 amide bonds. The lowest BCUT2D eigenvalue weighted by Crippen LogP contribution is -2.52. The van der Waals surface area contributed by atoms with E-state index in [0.29, 0.717) is 6.42 Å². The van der Waals surface area contributed by atoms with E-state index in [1.165, 1.54) is 83.5 Å². The summed E-state index contributed by atoms with van der Waals surface area (Å²) in [5.41, 5.74) is 0.767. The second-order valence-corrected chi connectivity index (χ2v) is 39.5. The molecule has 3 aliphatic rings. The summed E-state index contributed by atoms with van der Waals surface area (Å²) in [5, 5.41) is 0.450. The highest BCUT2D eigenvalue weighted by Gasteiger charge is 2.47. The number of carbonyl (C=O) groups is 1. The Bertz CT molecular complexity index is 1440. The number of allylic oxidation sites excluding steroid dienone is 1. The van der Waals surface area contributed by atoms with Crippen LogP contribution < -0.4 is 0 Å². The first-order chi connectivity index (χ1) is 30.2. The van der Waals surface area contributed by atoms with Crippen molar-refractivity contribution in [3.8, 4) is 0 Å². The second-order valence-electron chi connectivity index (χ2n) is 25.2. The molecule has 7 nitrogen and oxygen atoms in total. The molecule has 0 radical (unpaired) electrons.